The Balaban J connectivity index is 0.000000368. The first kappa shape index (κ1) is 17.8. The molecule has 8 heteroatoms. The number of hydrogen-bond acceptors (Lipinski definition) is 5. The van der Waals surface area contributed by atoms with Crippen LogP contribution < -0.4 is 0 Å². The average Bonchev–Trinajstić information content (AvgIpc) is 3.04. The molecule has 0 spiro atoms. The summed E-state index contributed by atoms with van der Waals surface area (Å²) in [7, 11) is -3.67. The Hall–Kier alpha value is -2.58. The molecule has 0 atom stereocenters. The summed E-state index contributed by atoms with van der Waals surface area (Å²) in [4.78, 5) is 16.2. The molecular weight excluding hydrogens is 330 g/mol. The fourth-order valence-corrected chi connectivity index (χ4v) is 2.08. The molecule has 0 bridgehead atoms. The molecule has 0 aliphatic carbocycles. The monoisotopic (exact) mass is 347 g/mol. The first-order valence-electron chi connectivity index (χ1n) is 7.12. The van der Waals surface area contributed by atoms with Crippen LogP contribution in [0.15, 0.2) is 60.0 Å². The standard InChI is InChI=1S/C15H13N3O.CH4O3S/c19-15(13-7-4-9-16-11-13)18-10-8-14(17-18)12-5-2-1-3-6-12;1-5(2,3)4/h1-7,9,11H,8,10H2;1H3,(H,2,3,4). The molecule has 3 rings (SSSR count). The van der Waals surface area contributed by atoms with Crippen LogP contribution in [0.3, 0.4) is 0 Å². The van der Waals surface area contributed by atoms with Gasteiger partial charge in [-0.3, -0.25) is 14.3 Å². The fraction of sp³-hybridized carbons (Fsp3) is 0.188. The highest BCUT2D eigenvalue weighted by atomic mass is 32.2. The number of amides is 1. The van der Waals surface area contributed by atoms with Crippen LogP contribution in [-0.4, -0.2) is 47.4 Å². The van der Waals surface area contributed by atoms with Crippen LogP contribution in [0.4, 0.5) is 0 Å². The minimum absolute atomic E-state index is 0.0981. The molecule has 1 aromatic carbocycles. The molecule has 0 saturated carbocycles. The number of nitrogens with zero attached hydrogens (tertiary/aromatic N) is 3. The van der Waals surface area contributed by atoms with E-state index in [0.29, 0.717) is 18.4 Å². The maximum atomic E-state index is 12.2. The lowest BCUT2D eigenvalue weighted by Gasteiger charge is -2.10. The van der Waals surface area contributed by atoms with E-state index in [4.69, 9.17) is 4.55 Å². The first-order chi connectivity index (χ1) is 11.3. The average molecular weight is 347 g/mol. The molecule has 1 N–H and O–H groups in total. The molecule has 126 valence electrons. The number of aromatic nitrogens is 1. The SMILES string of the molecule is CS(=O)(=O)O.O=C(c1cccnc1)N1CCC(c2ccccc2)=N1. The van der Waals surface area contributed by atoms with Gasteiger partial charge in [0.25, 0.3) is 16.0 Å². The van der Waals surface area contributed by atoms with Crippen molar-refractivity contribution >= 4 is 21.7 Å². The first-order valence-corrected chi connectivity index (χ1v) is 8.96. The summed E-state index contributed by atoms with van der Waals surface area (Å²) in [6, 6.07) is 13.5. The van der Waals surface area contributed by atoms with Crippen LogP contribution in [0.1, 0.15) is 22.3 Å². The van der Waals surface area contributed by atoms with Crippen molar-refractivity contribution in [1.82, 2.24) is 9.99 Å². The van der Waals surface area contributed by atoms with E-state index in [2.05, 4.69) is 10.1 Å². The van der Waals surface area contributed by atoms with E-state index in [1.54, 1.807) is 24.5 Å². The number of carbonyl (C=O) groups excluding carboxylic acids is 1. The second-order valence-corrected chi connectivity index (χ2v) is 6.53. The number of benzene rings is 1. The Bertz CT molecular complexity index is 813. The van der Waals surface area contributed by atoms with E-state index in [1.807, 2.05) is 30.3 Å². The van der Waals surface area contributed by atoms with Crippen molar-refractivity contribution in [3.63, 3.8) is 0 Å². The van der Waals surface area contributed by atoms with Crippen LogP contribution in [-0.2, 0) is 10.1 Å². The zero-order valence-electron chi connectivity index (χ0n) is 13.0. The molecular formula is C16H17N3O4S. The largest absolute Gasteiger partial charge is 0.286 e. The maximum absolute atomic E-state index is 12.2. The van der Waals surface area contributed by atoms with Gasteiger partial charge in [0, 0.05) is 18.8 Å². The van der Waals surface area contributed by atoms with Crippen molar-refractivity contribution in [2.75, 3.05) is 12.8 Å². The number of rotatable bonds is 2. The van der Waals surface area contributed by atoms with Crippen molar-refractivity contribution in [3.05, 3.63) is 66.0 Å². The summed E-state index contributed by atoms with van der Waals surface area (Å²) >= 11 is 0. The number of hydrogen-bond donors (Lipinski definition) is 1. The van der Waals surface area contributed by atoms with Gasteiger partial charge in [0.15, 0.2) is 0 Å². The molecule has 2 aromatic rings. The predicted molar refractivity (Wildman–Crippen MR) is 90.3 cm³/mol. The Morgan fingerprint density at radius 1 is 1.17 bits per heavy atom. The van der Waals surface area contributed by atoms with E-state index in [0.717, 1.165) is 17.7 Å². The van der Waals surface area contributed by atoms with Crippen LogP contribution >= 0.6 is 0 Å². The van der Waals surface area contributed by atoms with Crippen LogP contribution in [0.25, 0.3) is 0 Å². The van der Waals surface area contributed by atoms with E-state index in [9.17, 15) is 13.2 Å². The molecule has 1 aromatic heterocycles. The van der Waals surface area contributed by atoms with E-state index in [-0.39, 0.29) is 5.91 Å². The summed E-state index contributed by atoms with van der Waals surface area (Å²) in [5.41, 5.74) is 2.60. The Kier molecular flexibility index (Phi) is 5.78. The van der Waals surface area contributed by atoms with Gasteiger partial charge < -0.3 is 0 Å². The third-order valence-electron chi connectivity index (χ3n) is 3.05. The Labute approximate surface area is 140 Å². The van der Waals surface area contributed by atoms with E-state index < -0.39 is 10.1 Å². The lowest BCUT2D eigenvalue weighted by atomic mass is 10.1. The molecule has 0 saturated heterocycles. The maximum Gasteiger partial charge on any atom is 0.275 e. The molecule has 7 nitrogen and oxygen atoms in total. The van der Waals surface area contributed by atoms with Crippen LogP contribution in [0.2, 0.25) is 0 Å². The molecule has 2 heterocycles. The van der Waals surface area contributed by atoms with Crippen molar-refractivity contribution in [3.8, 4) is 0 Å². The predicted octanol–water partition coefficient (Wildman–Crippen LogP) is 1.84. The molecule has 0 radical (unpaired) electrons. The summed E-state index contributed by atoms with van der Waals surface area (Å²) in [6.07, 6.45) is 4.72. The lowest BCUT2D eigenvalue weighted by Crippen LogP contribution is -2.23. The van der Waals surface area contributed by atoms with Crippen LogP contribution in [0.5, 0.6) is 0 Å². The van der Waals surface area contributed by atoms with Gasteiger partial charge in [-0.05, 0) is 17.7 Å². The summed E-state index contributed by atoms with van der Waals surface area (Å²) in [5, 5.41) is 5.92. The van der Waals surface area contributed by atoms with Gasteiger partial charge in [-0.2, -0.15) is 13.5 Å². The highest BCUT2D eigenvalue weighted by Crippen LogP contribution is 2.15. The Morgan fingerprint density at radius 3 is 2.42 bits per heavy atom. The summed E-state index contributed by atoms with van der Waals surface area (Å²) in [6.45, 7) is 0.623. The topological polar surface area (TPSA) is 99.9 Å². The van der Waals surface area contributed by atoms with Gasteiger partial charge in [-0.1, -0.05) is 30.3 Å². The fourth-order valence-electron chi connectivity index (χ4n) is 2.08. The molecule has 0 unspecified atom stereocenters. The van der Waals surface area contributed by atoms with Gasteiger partial charge in [-0.25, -0.2) is 5.01 Å². The van der Waals surface area contributed by atoms with E-state index >= 15 is 0 Å². The van der Waals surface area contributed by atoms with Crippen molar-refractivity contribution in [2.24, 2.45) is 5.10 Å². The van der Waals surface area contributed by atoms with Crippen molar-refractivity contribution < 1.29 is 17.8 Å². The van der Waals surface area contributed by atoms with Crippen molar-refractivity contribution in [1.29, 1.82) is 0 Å². The minimum Gasteiger partial charge on any atom is -0.286 e. The smallest absolute Gasteiger partial charge is 0.275 e. The second-order valence-electron chi connectivity index (χ2n) is 5.07. The molecule has 1 aliphatic rings. The molecule has 0 fully saturated rings. The van der Waals surface area contributed by atoms with E-state index in [1.165, 1.54) is 5.01 Å². The number of carbonyl (C=O) groups is 1. The molecule has 1 amide bonds. The third kappa shape index (κ3) is 5.56. The zero-order valence-corrected chi connectivity index (χ0v) is 13.8. The van der Waals surface area contributed by atoms with Crippen LogP contribution in [0, 0.1) is 0 Å². The van der Waals surface area contributed by atoms with Crippen molar-refractivity contribution in [2.45, 2.75) is 6.42 Å². The van der Waals surface area contributed by atoms with Gasteiger partial charge in [0.1, 0.15) is 0 Å². The van der Waals surface area contributed by atoms with Gasteiger partial charge in [-0.15, -0.1) is 0 Å². The third-order valence-corrected chi connectivity index (χ3v) is 3.05. The molecule has 1 aliphatic heterocycles. The second kappa shape index (κ2) is 7.80. The lowest BCUT2D eigenvalue weighted by molar-refractivity contribution is 0.0778. The quantitative estimate of drug-likeness (QED) is 0.836. The van der Waals surface area contributed by atoms with Gasteiger partial charge in [0.2, 0.25) is 0 Å². The Morgan fingerprint density at radius 2 is 1.83 bits per heavy atom. The van der Waals surface area contributed by atoms with Gasteiger partial charge >= 0.3 is 0 Å². The van der Waals surface area contributed by atoms with Gasteiger partial charge in [0.05, 0.1) is 24.1 Å². The number of hydrazone groups is 1. The molecule has 24 heavy (non-hydrogen) atoms. The summed E-state index contributed by atoms with van der Waals surface area (Å²) in [5.74, 6) is -0.0981. The highest BCUT2D eigenvalue weighted by molar-refractivity contribution is 7.85. The normalized spacial score (nSPS) is 13.8. The minimum atomic E-state index is -3.67. The highest BCUT2D eigenvalue weighted by Gasteiger charge is 2.22. The number of pyridine rings is 1. The zero-order chi connectivity index (χ0) is 17.6. The summed E-state index contributed by atoms with van der Waals surface area (Å²) < 4.78 is 25.9.